The van der Waals surface area contributed by atoms with Crippen LogP contribution in [0.4, 0.5) is 0 Å². The van der Waals surface area contributed by atoms with Gasteiger partial charge in [0, 0.05) is 30.4 Å². The molecule has 5 heteroatoms. The van der Waals surface area contributed by atoms with Crippen molar-refractivity contribution in [2.24, 2.45) is 0 Å². The summed E-state index contributed by atoms with van der Waals surface area (Å²) in [4.78, 5) is 16.0. The Kier molecular flexibility index (Phi) is 4.28. The summed E-state index contributed by atoms with van der Waals surface area (Å²) in [5.41, 5.74) is 2.62. The van der Waals surface area contributed by atoms with Crippen LogP contribution < -0.4 is 5.32 Å². The lowest BCUT2D eigenvalue weighted by Gasteiger charge is -2.04. The van der Waals surface area contributed by atoms with Crippen LogP contribution >= 0.6 is 0 Å². The number of hydrogen-bond donors (Lipinski definition) is 1. The lowest BCUT2D eigenvalue weighted by Crippen LogP contribution is -2.27. The van der Waals surface area contributed by atoms with Crippen molar-refractivity contribution in [1.29, 1.82) is 0 Å². The molecule has 100 valence electrons. The summed E-state index contributed by atoms with van der Waals surface area (Å²) in [7, 11) is 0. The van der Waals surface area contributed by atoms with Gasteiger partial charge in [-0.25, -0.2) is 0 Å². The fraction of sp³-hybridized carbons (Fsp3) is 0.357. The standard InChI is InChI=1S/C14H17N3O2/c1-10-13(11(2)19-17-10)9-14(18)16-8-6-12-5-3-4-7-15-12/h3-5,7H,6,8-9H2,1-2H3,(H,16,18). The molecule has 2 rings (SSSR count). The Morgan fingerprint density at radius 2 is 2.21 bits per heavy atom. The molecule has 0 bridgehead atoms. The third-order valence-corrected chi connectivity index (χ3v) is 2.95. The molecule has 5 nitrogen and oxygen atoms in total. The summed E-state index contributed by atoms with van der Waals surface area (Å²) in [6.07, 6.45) is 2.79. The number of nitrogens with zero attached hydrogens (tertiary/aromatic N) is 2. The monoisotopic (exact) mass is 259 g/mol. The summed E-state index contributed by atoms with van der Waals surface area (Å²) < 4.78 is 5.03. The van der Waals surface area contributed by atoms with Gasteiger partial charge in [0.1, 0.15) is 5.76 Å². The first-order chi connectivity index (χ1) is 9.16. The van der Waals surface area contributed by atoms with Gasteiger partial charge in [0.15, 0.2) is 0 Å². The van der Waals surface area contributed by atoms with E-state index in [1.54, 1.807) is 6.20 Å². The van der Waals surface area contributed by atoms with Crippen molar-refractivity contribution >= 4 is 5.91 Å². The zero-order valence-corrected chi connectivity index (χ0v) is 11.1. The highest BCUT2D eigenvalue weighted by molar-refractivity contribution is 5.78. The van der Waals surface area contributed by atoms with Crippen molar-refractivity contribution in [3.63, 3.8) is 0 Å². The molecule has 0 fully saturated rings. The fourth-order valence-corrected chi connectivity index (χ4v) is 1.85. The van der Waals surface area contributed by atoms with Crippen molar-refractivity contribution in [3.05, 3.63) is 47.1 Å². The van der Waals surface area contributed by atoms with Crippen LogP contribution in [0.5, 0.6) is 0 Å². The highest BCUT2D eigenvalue weighted by Crippen LogP contribution is 2.12. The van der Waals surface area contributed by atoms with Crippen LogP contribution in [-0.4, -0.2) is 22.6 Å². The molecular weight excluding hydrogens is 242 g/mol. The molecule has 0 unspecified atom stereocenters. The summed E-state index contributed by atoms with van der Waals surface area (Å²) in [5.74, 6) is 0.683. The van der Waals surface area contributed by atoms with Crippen molar-refractivity contribution < 1.29 is 9.32 Å². The van der Waals surface area contributed by atoms with E-state index in [4.69, 9.17) is 4.52 Å². The van der Waals surface area contributed by atoms with Gasteiger partial charge in [0.25, 0.3) is 0 Å². The highest BCUT2D eigenvalue weighted by Gasteiger charge is 2.12. The quantitative estimate of drug-likeness (QED) is 0.885. The van der Waals surface area contributed by atoms with Crippen LogP contribution in [0.1, 0.15) is 22.7 Å². The second-order valence-corrected chi connectivity index (χ2v) is 4.40. The lowest BCUT2D eigenvalue weighted by molar-refractivity contribution is -0.120. The predicted octanol–water partition coefficient (Wildman–Crippen LogP) is 1.59. The number of pyridine rings is 1. The lowest BCUT2D eigenvalue weighted by atomic mass is 10.1. The topological polar surface area (TPSA) is 68.0 Å². The van der Waals surface area contributed by atoms with Gasteiger partial charge >= 0.3 is 0 Å². The van der Waals surface area contributed by atoms with Crippen molar-refractivity contribution in [2.75, 3.05) is 6.54 Å². The zero-order valence-electron chi connectivity index (χ0n) is 11.1. The van der Waals surface area contributed by atoms with E-state index < -0.39 is 0 Å². The minimum absolute atomic E-state index is 0.0228. The molecule has 0 aliphatic heterocycles. The minimum atomic E-state index is -0.0228. The normalized spacial score (nSPS) is 10.4. The Balaban J connectivity index is 1.79. The van der Waals surface area contributed by atoms with Gasteiger partial charge in [0.05, 0.1) is 12.1 Å². The van der Waals surface area contributed by atoms with E-state index >= 15 is 0 Å². The summed E-state index contributed by atoms with van der Waals surface area (Å²) in [5, 5.41) is 6.71. The van der Waals surface area contributed by atoms with Crippen molar-refractivity contribution in [3.8, 4) is 0 Å². The number of amides is 1. The minimum Gasteiger partial charge on any atom is -0.361 e. The maximum absolute atomic E-state index is 11.8. The number of carbonyl (C=O) groups excluding carboxylic acids is 1. The second-order valence-electron chi connectivity index (χ2n) is 4.40. The maximum Gasteiger partial charge on any atom is 0.224 e. The smallest absolute Gasteiger partial charge is 0.224 e. The van der Waals surface area contributed by atoms with E-state index in [0.29, 0.717) is 18.7 Å². The van der Waals surface area contributed by atoms with E-state index in [-0.39, 0.29) is 5.91 Å². The average molecular weight is 259 g/mol. The molecule has 1 N–H and O–H groups in total. The van der Waals surface area contributed by atoms with E-state index in [9.17, 15) is 4.79 Å². The maximum atomic E-state index is 11.8. The molecule has 0 spiro atoms. The van der Waals surface area contributed by atoms with E-state index in [0.717, 1.165) is 23.4 Å². The molecule has 0 aromatic carbocycles. The highest BCUT2D eigenvalue weighted by atomic mass is 16.5. The fourth-order valence-electron chi connectivity index (χ4n) is 1.85. The van der Waals surface area contributed by atoms with E-state index in [1.807, 2.05) is 32.0 Å². The Bertz CT molecular complexity index is 530. The van der Waals surface area contributed by atoms with Crippen LogP contribution in [0.15, 0.2) is 28.9 Å². The van der Waals surface area contributed by atoms with E-state index in [2.05, 4.69) is 15.5 Å². The van der Waals surface area contributed by atoms with Gasteiger partial charge in [-0.15, -0.1) is 0 Å². The number of rotatable bonds is 5. The molecule has 2 heterocycles. The summed E-state index contributed by atoms with van der Waals surface area (Å²) in [6, 6.07) is 5.76. The number of nitrogens with one attached hydrogen (secondary N) is 1. The summed E-state index contributed by atoms with van der Waals surface area (Å²) >= 11 is 0. The second kappa shape index (κ2) is 6.13. The third-order valence-electron chi connectivity index (χ3n) is 2.95. The molecule has 0 aliphatic carbocycles. The Morgan fingerprint density at radius 3 is 2.84 bits per heavy atom. The third kappa shape index (κ3) is 3.64. The Hall–Kier alpha value is -2.17. The average Bonchev–Trinajstić information content (AvgIpc) is 2.72. The van der Waals surface area contributed by atoms with E-state index in [1.165, 1.54) is 0 Å². The van der Waals surface area contributed by atoms with Gasteiger partial charge in [-0.05, 0) is 26.0 Å². The number of aryl methyl sites for hydroxylation is 2. The molecule has 2 aromatic rings. The molecule has 0 radical (unpaired) electrons. The molecule has 0 saturated carbocycles. The molecule has 2 aromatic heterocycles. The van der Waals surface area contributed by atoms with Crippen molar-refractivity contribution in [1.82, 2.24) is 15.5 Å². The van der Waals surface area contributed by atoms with Crippen LogP contribution in [0, 0.1) is 13.8 Å². The first-order valence-electron chi connectivity index (χ1n) is 6.25. The van der Waals surface area contributed by atoms with Gasteiger partial charge in [-0.3, -0.25) is 9.78 Å². The summed E-state index contributed by atoms with van der Waals surface area (Å²) in [6.45, 7) is 4.24. The molecule has 1 amide bonds. The van der Waals surface area contributed by atoms with Gasteiger partial charge in [-0.1, -0.05) is 11.2 Å². The van der Waals surface area contributed by atoms with Crippen LogP contribution in [0.3, 0.4) is 0 Å². The van der Waals surface area contributed by atoms with Crippen LogP contribution in [0.2, 0.25) is 0 Å². The van der Waals surface area contributed by atoms with Gasteiger partial charge in [0.2, 0.25) is 5.91 Å². The molecular formula is C14H17N3O2. The molecule has 0 atom stereocenters. The van der Waals surface area contributed by atoms with Gasteiger partial charge < -0.3 is 9.84 Å². The van der Waals surface area contributed by atoms with Gasteiger partial charge in [-0.2, -0.15) is 0 Å². The molecule has 0 aliphatic rings. The first kappa shape index (κ1) is 13.3. The van der Waals surface area contributed by atoms with Crippen molar-refractivity contribution in [2.45, 2.75) is 26.7 Å². The SMILES string of the molecule is Cc1noc(C)c1CC(=O)NCCc1ccccn1. The Morgan fingerprint density at radius 1 is 1.37 bits per heavy atom. The predicted molar refractivity (Wildman–Crippen MR) is 70.6 cm³/mol. The Labute approximate surface area is 112 Å². The largest absolute Gasteiger partial charge is 0.361 e. The molecule has 19 heavy (non-hydrogen) atoms. The number of hydrogen-bond acceptors (Lipinski definition) is 4. The number of aromatic nitrogens is 2. The molecule has 0 saturated heterocycles. The van der Waals surface area contributed by atoms with Crippen LogP contribution in [-0.2, 0) is 17.6 Å². The van der Waals surface area contributed by atoms with Crippen LogP contribution in [0.25, 0.3) is 0 Å². The first-order valence-corrected chi connectivity index (χ1v) is 6.25. The number of carbonyl (C=O) groups is 1. The zero-order chi connectivity index (χ0) is 13.7.